The topological polar surface area (TPSA) is 84.9 Å². The molecule has 0 unspecified atom stereocenters. The lowest BCUT2D eigenvalue weighted by Crippen LogP contribution is -2.47. The number of hydrogen-bond donors (Lipinski definition) is 1. The molecule has 1 aromatic rings. The summed E-state index contributed by atoms with van der Waals surface area (Å²) in [7, 11) is 1.53. The second kappa shape index (κ2) is 4.92. The van der Waals surface area contributed by atoms with Crippen molar-refractivity contribution in [2.45, 2.75) is 12.2 Å². The Labute approximate surface area is 131 Å². The van der Waals surface area contributed by atoms with E-state index in [1.165, 1.54) is 7.11 Å². The lowest BCUT2D eigenvalue weighted by atomic mass is 9.85. The van der Waals surface area contributed by atoms with Gasteiger partial charge in [0.2, 0.25) is 0 Å². The molecule has 0 radical (unpaired) electrons. The number of rotatable bonds is 3. The molecule has 3 aliphatic rings. The summed E-state index contributed by atoms with van der Waals surface area (Å²) in [5, 5.41) is 0.831. The van der Waals surface area contributed by atoms with Gasteiger partial charge in [-0.05, 0) is 24.3 Å². The highest BCUT2D eigenvalue weighted by Crippen LogP contribution is 2.44. The summed E-state index contributed by atoms with van der Waals surface area (Å²) in [6.07, 6.45) is 2.85. The Kier molecular flexibility index (Phi) is 2.99. The predicted molar refractivity (Wildman–Crippen MR) is 77.1 cm³/mol. The van der Waals surface area contributed by atoms with Crippen LogP contribution in [-0.4, -0.2) is 42.0 Å². The Morgan fingerprint density at radius 1 is 1.09 bits per heavy atom. The molecule has 3 amide bonds. The van der Waals surface area contributed by atoms with Crippen LogP contribution in [-0.2, 0) is 14.3 Å². The quantitative estimate of drug-likeness (QED) is 0.640. The smallest absolute Gasteiger partial charge is 0.270 e. The number of amides is 3. The minimum absolute atomic E-state index is 0.334. The van der Waals surface area contributed by atoms with Gasteiger partial charge in [-0.1, -0.05) is 12.2 Å². The monoisotopic (exact) mass is 314 g/mol. The van der Waals surface area contributed by atoms with Gasteiger partial charge in [-0.2, -0.15) is 5.01 Å². The fourth-order valence-corrected chi connectivity index (χ4v) is 3.32. The molecule has 2 fully saturated rings. The van der Waals surface area contributed by atoms with Crippen LogP contribution in [0.3, 0.4) is 0 Å². The number of fused-ring (bicyclic) bond motifs is 5. The lowest BCUT2D eigenvalue weighted by molar-refractivity contribution is -0.145. The number of carbonyl (C=O) groups is 3. The molecule has 4 atom stereocenters. The minimum atomic E-state index is -0.534. The molecule has 23 heavy (non-hydrogen) atoms. The fraction of sp³-hybridized carbons (Fsp3) is 0.312. The van der Waals surface area contributed by atoms with Gasteiger partial charge in [0, 0.05) is 5.56 Å². The number of imide groups is 1. The predicted octanol–water partition coefficient (Wildman–Crippen LogP) is 0.278. The molecule has 2 saturated heterocycles. The summed E-state index contributed by atoms with van der Waals surface area (Å²) in [5.74, 6) is -1.81. The first-order valence-electron chi connectivity index (χ1n) is 7.27. The summed E-state index contributed by atoms with van der Waals surface area (Å²) in [6.45, 7) is 0. The van der Waals surface area contributed by atoms with Gasteiger partial charge >= 0.3 is 0 Å². The van der Waals surface area contributed by atoms with Crippen molar-refractivity contribution >= 4 is 17.7 Å². The first-order valence-corrected chi connectivity index (χ1v) is 7.27. The van der Waals surface area contributed by atoms with E-state index in [9.17, 15) is 14.4 Å². The maximum Gasteiger partial charge on any atom is 0.270 e. The molecule has 7 heteroatoms. The zero-order valence-corrected chi connectivity index (χ0v) is 12.3. The van der Waals surface area contributed by atoms with Crippen LogP contribution in [0.5, 0.6) is 5.75 Å². The van der Waals surface area contributed by atoms with E-state index in [4.69, 9.17) is 9.47 Å². The number of nitrogens with zero attached hydrogens (tertiary/aromatic N) is 1. The summed E-state index contributed by atoms with van der Waals surface area (Å²) in [4.78, 5) is 37.1. The van der Waals surface area contributed by atoms with E-state index in [-0.39, 0.29) is 12.2 Å². The molecule has 4 rings (SSSR count). The van der Waals surface area contributed by atoms with Crippen molar-refractivity contribution in [3.05, 3.63) is 42.0 Å². The van der Waals surface area contributed by atoms with Crippen LogP contribution < -0.4 is 10.2 Å². The Balaban J connectivity index is 1.52. The molecule has 0 spiro atoms. The van der Waals surface area contributed by atoms with E-state index >= 15 is 0 Å². The molecule has 7 nitrogen and oxygen atoms in total. The van der Waals surface area contributed by atoms with Crippen molar-refractivity contribution in [1.82, 2.24) is 10.4 Å². The Hall–Kier alpha value is -2.67. The third-order valence-corrected chi connectivity index (χ3v) is 4.48. The van der Waals surface area contributed by atoms with Crippen LogP contribution >= 0.6 is 0 Å². The van der Waals surface area contributed by atoms with E-state index in [0.29, 0.717) is 11.3 Å². The normalized spacial score (nSPS) is 30.7. The third-order valence-electron chi connectivity index (χ3n) is 4.48. The number of nitrogens with one attached hydrogen (secondary N) is 1. The van der Waals surface area contributed by atoms with Crippen LogP contribution in [0.2, 0.25) is 0 Å². The van der Waals surface area contributed by atoms with Crippen molar-refractivity contribution < 1.29 is 23.9 Å². The van der Waals surface area contributed by atoms with Crippen molar-refractivity contribution in [1.29, 1.82) is 0 Å². The number of methoxy groups -OCH3 is 1. The van der Waals surface area contributed by atoms with Gasteiger partial charge in [0.1, 0.15) is 5.75 Å². The summed E-state index contributed by atoms with van der Waals surface area (Å²) >= 11 is 0. The molecular weight excluding hydrogens is 300 g/mol. The van der Waals surface area contributed by atoms with E-state index in [1.54, 1.807) is 36.4 Å². The number of hydrogen-bond acceptors (Lipinski definition) is 5. The van der Waals surface area contributed by atoms with E-state index < -0.39 is 29.6 Å². The third kappa shape index (κ3) is 1.97. The first-order chi connectivity index (χ1) is 11.1. The highest BCUT2D eigenvalue weighted by atomic mass is 16.5. The maximum absolute atomic E-state index is 12.4. The van der Waals surface area contributed by atoms with Gasteiger partial charge in [-0.3, -0.25) is 19.8 Å². The van der Waals surface area contributed by atoms with Crippen LogP contribution in [0, 0.1) is 11.8 Å². The number of carbonyl (C=O) groups excluding carboxylic acids is 3. The average molecular weight is 314 g/mol. The Morgan fingerprint density at radius 3 is 2.17 bits per heavy atom. The SMILES string of the molecule is COc1ccc(C(=O)NN2C(=O)[C@@H]3[C@@H](C2=O)[C@H]2C=C[C@H]3O2)cc1. The summed E-state index contributed by atoms with van der Waals surface area (Å²) < 4.78 is 10.6. The molecule has 0 aromatic heterocycles. The fourth-order valence-electron chi connectivity index (χ4n) is 3.32. The first kappa shape index (κ1) is 14.0. The van der Waals surface area contributed by atoms with E-state index in [0.717, 1.165) is 5.01 Å². The molecule has 1 aromatic carbocycles. The number of hydrazine groups is 1. The van der Waals surface area contributed by atoms with Gasteiger partial charge in [-0.25, -0.2) is 0 Å². The zero-order valence-electron chi connectivity index (χ0n) is 12.3. The van der Waals surface area contributed by atoms with E-state index in [2.05, 4.69) is 5.43 Å². The molecule has 0 aliphatic carbocycles. The van der Waals surface area contributed by atoms with Gasteiger partial charge in [0.05, 0.1) is 31.2 Å². The van der Waals surface area contributed by atoms with Gasteiger partial charge in [-0.15, -0.1) is 0 Å². The van der Waals surface area contributed by atoms with Crippen LogP contribution in [0.1, 0.15) is 10.4 Å². The maximum atomic E-state index is 12.4. The van der Waals surface area contributed by atoms with Crippen molar-refractivity contribution in [3.63, 3.8) is 0 Å². The molecule has 1 N–H and O–H groups in total. The minimum Gasteiger partial charge on any atom is -0.497 e. The molecule has 118 valence electrons. The summed E-state index contributed by atoms with van der Waals surface area (Å²) in [6, 6.07) is 6.40. The lowest BCUT2D eigenvalue weighted by Gasteiger charge is -2.18. The molecule has 0 saturated carbocycles. The van der Waals surface area contributed by atoms with Crippen molar-refractivity contribution in [2.75, 3.05) is 7.11 Å². The van der Waals surface area contributed by atoms with Crippen LogP contribution in [0.4, 0.5) is 0 Å². The Bertz CT molecular complexity index is 696. The molecule has 3 heterocycles. The largest absolute Gasteiger partial charge is 0.497 e. The molecule has 2 bridgehead atoms. The number of benzene rings is 1. The van der Waals surface area contributed by atoms with Crippen LogP contribution in [0.25, 0.3) is 0 Å². The van der Waals surface area contributed by atoms with Crippen molar-refractivity contribution in [2.24, 2.45) is 11.8 Å². The molecular formula is C16H14N2O5. The second-order valence-electron chi connectivity index (χ2n) is 5.68. The zero-order chi connectivity index (χ0) is 16.1. The molecule has 3 aliphatic heterocycles. The van der Waals surface area contributed by atoms with Gasteiger partial charge < -0.3 is 9.47 Å². The van der Waals surface area contributed by atoms with E-state index in [1.807, 2.05) is 0 Å². The van der Waals surface area contributed by atoms with Crippen molar-refractivity contribution in [3.8, 4) is 5.75 Å². The highest BCUT2D eigenvalue weighted by Gasteiger charge is 2.61. The Morgan fingerprint density at radius 2 is 1.65 bits per heavy atom. The standard InChI is InChI=1S/C16H14N2O5/c1-22-9-4-2-8(3-5-9)14(19)17-18-15(20)12-10-6-7-11(23-10)13(12)16(18)21/h2-7,10-13H,1H3,(H,17,19)/t10-,11-,12+,13+/m1/s1. The summed E-state index contributed by atoms with van der Waals surface area (Å²) in [5.41, 5.74) is 2.73. The van der Waals surface area contributed by atoms with Gasteiger partial charge in [0.15, 0.2) is 0 Å². The van der Waals surface area contributed by atoms with Gasteiger partial charge in [0.25, 0.3) is 17.7 Å². The second-order valence-corrected chi connectivity index (χ2v) is 5.68. The van der Waals surface area contributed by atoms with Crippen LogP contribution in [0.15, 0.2) is 36.4 Å². The number of ether oxygens (including phenoxy) is 2. The average Bonchev–Trinajstić information content (AvgIpc) is 3.24. The highest BCUT2D eigenvalue weighted by molar-refractivity contribution is 6.09.